The molecule has 2 aromatic carbocycles. The molecule has 3 nitrogen and oxygen atoms in total. The lowest BCUT2D eigenvalue weighted by Gasteiger charge is -2.18. The maximum atomic E-state index is 13.4. The molecule has 1 heterocycles. The summed E-state index contributed by atoms with van der Waals surface area (Å²) >= 11 is 0. The van der Waals surface area contributed by atoms with E-state index in [1.165, 1.54) is 23.1 Å². The molecule has 0 aromatic heterocycles. The van der Waals surface area contributed by atoms with Gasteiger partial charge in [-0.3, -0.25) is 9.59 Å². The molecular formula is C16H11F2NO2. The zero-order chi connectivity index (χ0) is 15.1. The van der Waals surface area contributed by atoms with Crippen LogP contribution in [0.25, 0.3) is 0 Å². The van der Waals surface area contributed by atoms with Crippen LogP contribution in [0, 0.1) is 18.6 Å². The molecule has 1 amide bonds. The van der Waals surface area contributed by atoms with Gasteiger partial charge in [0.15, 0.2) is 0 Å². The van der Waals surface area contributed by atoms with Crippen molar-refractivity contribution in [3.05, 3.63) is 64.7 Å². The van der Waals surface area contributed by atoms with Crippen LogP contribution in [0.4, 0.5) is 14.5 Å². The highest BCUT2D eigenvalue weighted by Crippen LogP contribution is 2.31. The number of halogens is 2. The average Bonchev–Trinajstić information content (AvgIpc) is 2.66. The summed E-state index contributed by atoms with van der Waals surface area (Å²) in [5, 5.41) is 0. The number of aryl methyl sites for hydroxylation is 1. The van der Waals surface area contributed by atoms with Crippen LogP contribution in [-0.4, -0.2) is 11.7 Å². The van der Waals surface area contributed by atoms with Gasteiger partial charge in [-0.05, 0) is 48.4 Å². The lowest BCUT2D eigenvalue weighted by atomic mass is 10.1. The van der Waals surface area contributed by atoms with E-state index < -0.39 is 17.5 Å². The van der Waals surface area contributed by atoms with Crippen LogP contribution in [0.1, 0.15) is 21.5 Å². The highest BCUT2D eigenvalue weighted by Gasteiger charge is 2.36. The average molecular weight is 287 g/mol. The van der Waals surface area contributed by atoms with E-state index in [0.29, 0.717) is 11.1 Å². The Balaban J connectivity index is 2.02. The van der Waals surface area contributed by atoms with Crippen LogP contribution in [-0.2, 0) is 11.3 Å². The molecule has 3 rings (SSSR count). The van der Waals surface area contributed by atoms with Gasteiger partial charge in [0.1, 0.15) is 11.6 Å². The van der Waals surface area contributed by atoms with E-state index in [1.807, 2.05) is 0 Å². The normalized spacial score (nSPS) is 13.8. The summed E-state index contributed by atoms with van der Waals surface area (Å²) < 4.78 is 26.5. The molecular weight excluding hydrogens is 276 g/mol. The number of Topliss-reactive ketones (excluding diaryl/α,β-unsaturated/α-hetero) is 1. The second-order valence-corrected chi connectivity index (χ2v) is 4.95. The van der Waals surface area contributed by atoms with Crippen molar-refractivity contribution in [1.29, 1.82) is 0 Å². The van der Waals surface area contributed by atoms with Crippen molar-refractivity contribution < 1.29 is 18.4 Å². The standard InChI is InChI=1S/C16H11F2NO2/c1-9-6-11(17)3-2-10(9)8-19-14-7-12(18)4-5-13(14)15(20)16(19)21/h2-7H,8H2,1H3. The van der Waals surface area contributed by atoms with Gasteiger partial charge in [-0.2, -0.15) is 0 Å². The first-order chi connectivity index (χ1) is 9.97. The first kappa shape index (κ1) is 13.4. The molecule has 1 aliphatic heterocycles. The minimum atomic E-state index is -0.695. The molecule has 0 radical (unpaired) electrons. The number of benzene rings is 2. The first-order valence-corrected chi connectivity index (χ1v) is 6.38. The molecule has 1 aliphatic rings. The van der Waals surface area contributed by atoms with Crippen LogP contribution < -0.4 is 4.90 Å². The van der Waals surface area contributed by atoms with Gasteiger partial charge >= 0.3 is 0 Å². The summed E-state index contributed by atoms with van der Waals surface area (Å²) in [6.45, 7) is 1.82. The number of hydrogen-bond acceptors (Lipinski definition) is 2. The highest BCUT2D eigenvalue weighted by atomic mass is 19.1. The Morgan fingerprint density at radius 1 is 1.00 bits per heavy atom. The lowest BCUT2D eigenvalue weighted by Crippen LogP contribution is -2.29. The van der Waals surface area contributed by atoms with E-state index in [1.54, 1.807) is 13.0 Å². The molecule has 0 fully saturated rings. The third kappa shape index (κ3) is 2.20. The summed E-state index contributed by atoms with van der Waals surface area (Å²) in [5.41, 5.74) is 1.82. The Hall–Kier alpha value is -2.56. The molecule has 2 aromatic rings. The van der Waals surface area contributed by atoms with E-state index in [0.717, 1.165) is 12.1 Å². The number of hydrogen-bond donors (Lipinski definition) is 0. The topological polar surface area (TPSA) is 37.4 Å². The molecule has 5 heteroatoms. The van der Waals surface area contributed by atoms with E-state index in [4.69, 9.17) is 0 Å². The number of rotatable bonds is 2. The van der Waals surface area contributed by atoms with Crippen molar-refractivity contribution in [3.63, 3.8) is 0 Å². The molecule has 0 saturated heterocycles. The number of anilines is 1. The quantitative estimate of drug-likeness (QED) is 0.796. The first-order valence-electron chi connectivity index (χ1n) is 6.38. The van der Waals surface area contributed by atoms with Gasteiger partial charge in [0, 0.05) is 0 Å². The van der Waals surface area contributed by atoms with Gasteiger partial charge in [-0.1, -0.05) is 6.07 Å². The molecule has 106 valence electrons. The lowest BCUT2D eigenvalue weighted by molar-refractivity contribution is -0.114. The smallest absolute Gasteiger partial charge is 0.299 e. The van der Waals surface area contributed by atoms with E-state index in [-0.39, 0.29) is 23.6 Å². The van der Waals surface area contributed by atoms with Gasteiger partial charge in [-0.25, -0.2) is 8.78 Å². The summed E-state index contributed by atoms with van der Waals surface area (Å²) in [6.07, 6.45) is 0. The van der Waals surface area contributed by atoms with E-state index in [2.05, 4.69) is 0 Å². The van der Waals surface area contributed by atoms with Gasteiger partial charge in [-0.15, -0.1) is 0 Å². The van der Waals surface area contributed by atoms with Gasteiger partial charge in [0.2, 0.25) is 0 Å². The molecule has 0 spiro atoms. The molecule has 0 saturated carbocycles. The van der Waals surface area contributed by atoms with Crippen LogP contribution in [0.3, 0.4) is 0 Å². The fourth-order valence-electron chi connectivity index (χ4n) is 2.43. The van der Waals surface area contributed by atoms with Crippen molar-refractivity contribution >= 4 is 17.4 Å². The summed E-state index contributed by atoms with van der Waals surface area (Å²) in [4.78, 5) is 25.1. The van der Waals surface area contributed by atoms with Crippen LogP contribution in [0.15, 0.2) is 36.4 Å². The second-order valence-electron chi connectivity index (χ2n) is 4.95. The fraction of sp³-hybridized carbons (Fsp3) is 0.125. The Bertz CT molecular complexity index is 771. The number of ketones is 1. The minimum Gasteiger partial charge on any atom is -0.300 e. The fourth-order valence-corrected chi connectivity index (χ4v) is 2.43. The van der Waals surface area contributed by atoms with E-state index in [9.17, 15) is 18.4 Å². The second kappa shape index (κ2) is 4.77. The Kier molecular flexibility index (Phi) is 3.05. The van der Waals surface area contributed by atoms with Crippen molar-refractivity contribution in [2.45, 2.75) is 13.5 Å². The predicted octanol–water partition coefficient (Wildman–Crippen LogP) is 3.00. The molecule has 0 unspecified atom stereocenters. The Morgan fingerprint density at radius 2 is 1.67 bits per heavy atom. The summed E-state index contributed by atoms with van der Waals surface area (Å²) in [6, 6.07) is 7.82. The minimum absolute atomic E-state index is 0.104. The Morgan fingerprint density at radius 3 is 2.38 bits per heavy atom. The number of fused-ring (bicyclic) bond motifs is 1. The molecule has 0 aliphatic carbocycles. The van der Waals surface area contributed by atoms with Gasteiger partial charge in [0.25, 0.3) is 11.7 Å². The maximum Gasteiger partial charge on any atom is 0.299 e. The SMILES string of the molecule is Cc1cc(F)ccc1CN1C(=O)C(=O)c2ccc(F)cc21. The van der Waals surface area contributed by atoms with Crippen molar-refractivity contribution in [3.8, 4) is 0 Å². The molecule has 21 heavy (non-hydrogen) atoms. The van der Waals surface area contributed by atoms with E-state index >= 15 is 0 Å². The zero-order valence-electron chi connectivity index (χ0n) is 11.2. The summed E-state index contributed by atoms with van der Waals surface area (Å²) in [5.74, 6) is -2.23. The highest BCUT2D eigenvalue weighted by molar-refractivity contribution is 6.52. The van der Waals surface area contributed by atoms with Gasteiger partial charge in [0.05, 0.1) is 17.8 Å². The Labute approximate surface area is 119 Å². The maximum absolute atomic E-state index is 13.4. The monoisotopic (exact) mass is 287 g/mol. The van der Waals surface area contributed by atoms with Crippen LogP contribution in [0.2, 0.25) is 0 Å². The number of nitrogens with zero attached hydrogens (tertiary/aromatic N) is 1. The number of amides is 1. The third-order valence-electron chi connectivity index (χ3n) is 3.57. The van der Waals surface area contributed by atoms with Crippen molar-refractivity contribution in [2.24, 2.45) is 0 Å². The van der Waals surface area contributed by atoms with Gasteiger partial charge < -0.3 is 4.90 Å². The van der Waals surface area contributed by atoms with Crippen LogP contribution in [0.5, 0.6) is 0 Å². The zero-order valence-corrected chi connectivity index (χ0v) is 11.2. The third-order valence-corrected chi connectivity index (χ3v) is 3.57. The van der Waals surface area contributed by atoms with Crippen molar-refractivity contribution in [2.75, 3.05) is 4.90 Å². The molecule has 0 atom stereocenters. The summed E-state index contributed by atoms with van der Waals surface area (Å²) in [7, 11) is 0. The van der Waals surface area contributed by atoms with Crippen LogP contribution >= 0.6 is 0 Å². The number of carbonyl (C=O) groups is 2. The largest absolute Gasteiger partial charge is 0.300 e. The predicted molar refractivity (Wildman–Crippen MR) is 73.1 cm³/mol. The molecule has 0 bridgehead atoms. The molecule has 0 N–H and O–H groups in total. The number of carbonyl (C=O) groups excluding carboxylic acids is 2. The van der Waals surface area contributed by atoms with Crippen molar-refractivity contribution in [1.82, 2.24) is 0 Å².